The number of nitrogens with zero attached hydrogens (tertiary/aromatic N) is 3. The quantitative estimate of drug-likeness (QED) is 0.660. The van der Waals surface area contributed by atoms with Gasteiger partial charge in [-0.1, -0.05) is 0 Å². The predicted octanol–water partition coefficient (Wildman–Crippen LogP) is 3.47. The number of aliphatic imine (C=N–C) groups is 3. The molecule has 2 unspecified atom stereocenters. The van der Waals surface area contributed by atoms with Gasteiger partial charge >= 0.3 is 0 Å². The smallest absolute Gasteiger partial charge is 0.0730 e. The summed E-state index contributed by atoms with van der Waals surface area (Å²) in [6.45, 7) is 0. The van der Waals surface area contributed by atoms with Gasteiger partial charge in [0.1, 0.15) is 0 Å². The maximum absolute atomic E-state index is 4.97. The Morgan fingerprint density at radius 2 is 1.33 bits per heavy atom. The standard InChI is InChI=1S/C19H22N4.Mn/c1-3-14-10-16-5-7-18(22-16)19-8-6-17(23-19)11-15-4-2-13(21-15)9-12(1)20-14;/h9-11,18-20H,1-8H2;. The maximum atomic E-state index is 4.97. The molecule has 0 saturated carbocycles. The van der Waals surface area contributed by atoms with E-state index in [0.29, 0.717) is 12.1 Å². The molecule has 5 rings (SSSR count). The molecule has 0 aromatic carbocycles. The molecule has 2 atom stereocenters. The van der Waals surface area contributed by atoms with E-state index < -0.39 is 0 Å². The molecule has 125 valence electrons. The molecular formula is C19H22MnN4. The van der Waals surface area contributed by atoms with Crippen molar-refractivity contribution in [2.75, 3.05) is 0 Å². The van der Waals surface area contributed by atoms with Crippen LogP contribution < -0.4 is 5.32 Å². The van der Waals surface area contributed by atoms with Crippen molar-refractivity contribution in [2.45, 2.75) is 63.5 Å². The summed E-state index contributed by atoms with van der Waals surface area (Å²) in [5.74, 6) is 0. The number of fused-ring (bicyclic) bond motifs is 6. The van der Waals surface area contributed by atoms with E-state index in [1.54, 1.807) is 0 Å². The molecule has 4 nitrogen and oxygen atoms in total. The van der Waals surface area contributed by atoms with Crippen LogP contribution in [0.15, 0.2) is 50.3 Å². The summed E-state index contributed by atoms with van der Waals surface area (Å²) in [5.41, 5.74) is 7.53. The minimum atomic E-state index is 0. The first-order valence-corrected chi connectivity index (χ1v) is 8.91. The SMILES string of the molecule is C1=C2CCC(=N2)C=C2CCC(=CC3=NC(CC3)C3CCC1=N3)N2.[Mn]. The maximum Gasteiger partial charge on any atom is 0.0730 e. The van der Waals surface area contributed by atoms with Gasteiger partial charge < -0.3 is 5.32 Å². The molecule has 24 heavy (non-hydrogen) atoms. The summed E-state index contributed by atoms with van der Waals surface area (Å²) < 4.78 is 0. The molecule has 5 heteroatoms. The second kappa shape index (κ2) is 6.45. The van der Waals surface area contributed by atoms with Crippen molar-refractivity contribution in [3.63, 3.8) is 0 Å². The fourth-order valence-electron chi connectivity index (χ4n) is 4.22. The van der Waals surface area contributed by atoms with Gasteiger partial charge in [0.15, 0.2) is 0 Å². The van der Waals surface area contributed by atoms with Crippen LogP contribution in [0.2, 0.25) is 0 Å². The second-order valence-electron chi connectivity index (χ2n) is 7.16. The molecule has 1 fully saturated rings. The molecule has 5 aliphatic rings. The largest absolute Gasteiger partial charge is 0.362 e. The fraction of sp³-hybridized carbons (Fsp3) is 0.526. The van der Waals surface area contributed by atoms with E-state index in [9.17, 15) is 0 Å². The van der Waals surface area contributed by atoms with Gasteiger partial charge in [0.05, 0.1) is 12.1 Å². The molecule has 0 aromatic rings. The van der Waals surface area contributed by atoms with Crippen LogP contribution in [0.5, 0.6) is 0 Å². The average Bonchev–Trinajstić information content (AvgIpc) is 3.28. The summed E-state index contributed by atoms with van der Waals surface area (Å²) >= 11 is 0. The Balaban J connectivity index is 0.00000146. The Morgan fingerprint density at radius 1 is 0.708 bits per heavy atom. The molecule has 0 aliphatic carbocycles. The van der Waals surface area contributed by atoms with E-state index >= 15 is 0 Å². The first kappa shape index (κ1) is 16.0. The third-order valence-electron chi connectivity index (χ3n) is 5.42. The van der Waals surface area contributed by atoms with Crippen LogP contribution in [0.25, 0.3) is 0 Å². The summed E-state index contributed by atoms with van der Waals surface area (Å²) in [4.78, 5) is 14.7. The topological polar surface area (TPSA) is 49.1 Å². The number of nitrogens with one attached hydrogen (secondary N) is 1. The summed E-state index contributed by atoms with van der Waals surface area (Å²) in [5, 5.41) is 3.57. The van der Waals surface area contributed by atoms with Crippen molar-refractivity contribution < 1.29 is 17.1 Å². The Kier molecular flexibility index (Phi) is 4.31. The van der Waals surface area contributed by atoms with Gasteiger partial charge in [0, 0.05) is 51.3 Å². The average molecular weight is 361 g/mol. The number of hydrogen-bond acceptors (Lipinski definition) is 4. The van der Waals surface area contributed by atoms with Gasteiger partial charge in [0.2, 0.25) is 0 Å². The van der Waals surface area contributed by atoms with Gasteiger partial charge in [-0.15, -0.1) is 0 Å². The first-order valence-electron chi connectivity index (χ1n) is 8.91. The van der Waals surface area contributed by atoms with Gasteiger partial charge in [-0.25, -0.2) is 0 Å². The van der Waals surface area contributed by atoms with E-state index in [1.807, 2.05) is 0 Å². The second-order valence-corrected chi connectivity index (χ2v) is 7.16. The molecule has 1 N–H and O–H groups in total. The van der Waals surface area contributed by atoms with Crippen molar-refractivity contribution in [1.29, 1.82) is 0 Å². The van der Waals surface area contributed by atoms with Crippen LogP contribution in [-0.4, -0.2) is 29.2 Å². The van der Waals surface area contributed by atoms with E-state index in [4.69, 9.17) is 15.0 Å². The molecule has 1 saturated heterocycles. The monoisotopic (exact) mass is 361 g/mol. The predicted molar refractivity (Wildman–Crippen MR) is 94.2 cm³/mol. The van der Waals surface area contributed by atoms with Crippen LogP contribution in [-0.2, 0) is 17.1 Å². The Bertz CT molecular complexity index is 738. The van der Waals surface area contributed by atoms with E-state index in [0.717, 1.165) is 51.4 Å². The van der Waals surface area contributed by atoms with Crippen LogP contribution in [0, 0.1) is 0 Å². The van der Waals surface area contributed by atoms with Crippen LogP contribution >= 0.6 is 0 Å². The Morgan fingerprint density at radius 3 is 2.04 bits per heavy atom. The molecule has 8 bridgehead atoms. The third-order valence-corrected chi connectivity index (χ3v) is 5.42. The number of rotatable bonds is 0. The molecule has 0 aromatic heterocycles. The first-order chi connectivity index (χ1) is 11.3. The minimum Gasteiger partial charge on any atom is -0.362 e. The fourth-order valence-corrected chi connectivity index (χ4v) is 4.22. The third kappa shape index (κ3) is 3.07. The van der Waals surface area contributed by atoms with Crippen molar-refractivity contribution in [3.8, 4) is 0 Å². The summed E-state index contributed by atoms with van der Waals surface area (Å²) in [6, 6.07) is 0.778. The minimum absolute atomic E-state index is 0. The van der Waals surface area contributed by atoms with Crippen molar-refractivity contribution in [2.24, 2.45) is 15.0 Å². The van der Waals surface area contributed by atoms with Crippen LogP contribution in [0.3, 0.4) is 0 Å². The van der Waals surface area contributed by atoms with E-state index in [-0.39, 0.29) is 17.1 Å². The normalized spacial score (nSPS) is 30.7. The van der Waals surface area contributed by atoms with Crippen molar-refractivity contribution in [1.82, 2.24) is 5.32 Å². The van der Waals surface area contributed by atoms with Crippen LogP contribution in [0.4, 0.5) is 0 Å². The molecule has 1 radical (unpaired) electrons. The van der Waals surface area contributed by atoms with Gasteiger partial charge in [-0.05, 0) is 69.6 Å². The summed E-state index contributed by atoms with van der Waals surface area (Å²) in [6.07, 6.45) is 15.6. The van der Waals surface area contributed by atoms with Gasteiger partial charge in [-0.2, -0.15) is 0 Å². The number of hydrogen-bond donors (Lipinski definition) is 1. The van der Waals surface area contributed by atoms with E-state index in [2.05, 4.69) is 23.5 Å². The van der Waals surface area contributed by atoms with Crippen LogP contribution in [0.1, 0.15) is 51.4 Å². The van der Waals surface area contributed by atoms with Crippen molar-refractivity contribution in [3.05, 3.63) is 35.3 Å². The Hall–Kier alpha value is -1.45. The van der Waals surface area contributed by atoms with Gasteiger partial charge in [-0.3, -0.25) is 15.0 Å². The zero-order valence-electron chi connectivity index (χ0n) is 13.8. The van der Waals surface area contributed by atoms with Crippen molar-refractivity contribution >= 4 is 17.1 Å². The molecular weight excluding hydrogens is 339 g/mol. The zero-order valence-corrected chi connectivity index (χ0v) is 14.9. The molecule has 0 spiro atoms. The zero-order chi connectivity index (χ0) is 15.2. The molecule has 5 heterocycles. The molecule has 0 amide bonds. The van der Waals surface area contributed by atoms with Gasteiger partial charge in [0.25, 0.3) is 0 Å². The number of allylic oxidation sites excluding steroid dienone is 6. The molecule has 5 aliphatic heterocycles. The van der Waals surface area contributed by atoms with E-state index in [1.165, 1.54) is 34.2 Å². The summed E-state index contributed by atoms with van der Waals surface area (Å²) in [7, 11) is 0. The Labute approximate surface area is 153 Å².